The van der Waals surface area contributed by atoms with Gasteiger partial charge in [0.15, 0.2) is 0 Å². The highest BCUT2D eigenvalue weighted by molar-refractivity contribution is 9.09. The molecule has 3 rings (SSSR count). The van der Waals surface area contributed by atoms with E-state index in [1.165, 1.54) is 38.5 Å². The number of aromatic nitrogens is 8. The molecule has 162 valence electrons. The number of alkyl halides is 2. The molecule has 0 aliphatic heterocycles. The van der Waals surface area contributed by atoms with E-state index in [4.69, 9.17) is 0 Å². The molecule has 0 saturated heterocycles. The predicted molar refractivity (Wildman–Crippen MR) is 125 cm³/mol. The summed E-state index contributed by atoms with van der Waals surface area (Å²) in [6, 6.07) is 7.92. The minimum Gasteiger partial charge on any atom is -0.164 e. The Morgan fingerprint density at radius 2 is 1.10 bits per heavy atom. The molecule has 0 bridgehead atoms. The smallest absolute Gasteiger partial charge is 0.164 e. The summed E-state index contributed by atoms with van der Waals surface area (Å²) in [6.07, 6.45) is 9.33. The Kier molecular flexibility index (Phi) is 9.88. The average Bonchev–Trinajstić information content (AvgIpc) is 3.44. The van der Waals surface area contributed by atoms with Gasteiger partial charge in [-0.1, -0.05) is 75.7 Å². The second-order valence-corrected chi connectivity index (χ2v) is 8.79. The number of hydrogen-bond donors (Lipinski definition) is 0. The first-order chi connectivity index (χ1) is 14.8. The average molecular weight is 540 g/mol. The number of nitrogens with zero attached hydrogens (tertiary/aromatic N) is 8. The molecule has 0 saturated carbocycles. The fourth-order valence-corrected chi connectivity index (χ4v) is 3.90. The van der Waals surface area contributed by atoms with Gasteiger partial charge in [0.05, 0.1) is 13.1 Å². The summed E-state index contributed by atoms with van der Waals surface area (Å²) in [5.41, 5.74) is 1.81. The van der Waals surface area contributed by atoms with Gasteiger partial charge in [0.2, 0.25) is 11.6 Å². The van der Waals surface area contributed by atoms with E-state index in [0.717, 1.165) is 47.7 Å². The Hall–Kier alpha value is -1.68. The topological polar surface area (TPSA) is 87.2 Å². The zero-order valence-corrected chi connectivity index (χ0v) is 20.3. The maximum atomic E-state index is 4.52. The monoisotopic (exact) mass is 538 g/mol. The van der Waals surface area contributed by atoms with Crippen molar-refractivity contribution in [3.05, 3.63) is 24.3 Å². The van der Waals surface area contributed by atoms with Gasteiger partial charge in [-0.25, -0.2) is 0 Å². The van der Waals surface area contributed by atoms with E-state index in [-0.39, 0.29) is 0 Å². The molecule has 0 N–H and O–H groups in total. The summed E-state index contributed by atoms with van der Waals surface area (Å²) < 4.78 is 0. The van der Waals surface area contributed by atoms with Crippen LogP contribution in [0.25, 0.3) is 22.8 Å². The number of hydrogen-bond acceptors (Lipinski definition) is 6. The molecule has 10 heteroatoms. The van der Waals surface area contributed by atoms with Gasteiger partial charge in [-0.05, 0) is 42.2 Å². The van der Waals surface area contributed by atoms with Crippen LogP contribution in [0.3, 0.4) is 0 Å². The summed E-state index contributed by atoms with van der Waals surface area (Å²) in [5.74, 6) is 1.24. The molecule has 0 unspecified atom stereocenters. The molecule has 3 aromatic rings. The molecule has 0 radical (unpaired) electrons. The summed E-state index contributed by atoms with van der Waals surface area (Å²) >= 11 is 6.93. The molecule has 0 aliphatic carbocycles. The number of aryl methyl sites for hydroxylation is 2. The Balaban J connectivity index is 1.56. The maximum Gasteiger partial charge on any atom is 0.204 e. The van der Waals surface area contributed by atoms with Crippen LogP contribution in [0.4, 0.5) is 0 Å². The number of unbranched alkanes of at least 4 members (excludes halogenated alkanes) is 6. The molecule has 1 aromatic carbocycles. The number of benzene rings is 1. The number of halogens is 2. The molecule has 0 fully saturated rings. The van der Waals surface area contributed by atoms with Gasteiger partial charge in [-0.15, -0.1) is 20.4 Å². The third kappa shape index (κ3) is 7.23. The van der Waals surface area contributed by atoms with Crippen LogP contribution in [0.2, 0.25) is 0 Å². The minimum absolute atomic E-state index is 0.622. The third-order valence-corrected chi connectivity index (χ3v) is 5.89. The fraction of sp³-hybridized carbons (Fsp3) is 0.600. The van der Waals surface area contributed by atoms with Gasteiger partial charge < -0.3 is 0 Å². The van der Waals surface area contributed by atoms with Gasteiger partial charge >= 0.3 is 0 Å². The van der Waals surface area contributed by atoms with Gasteiger partial charge in [0, 0.05) is 21.8 Å². The first-order valence-electron chi connectivity index (χ1n) is 10.6. The zero-order chi connectivity index (χ0) is 21.0. The van der Waals surface area contributed by atoms with Crippen LogP contribution in [0.15, 0.2) is 24.3 Å². The lowest BCUT2D eigenvalue weighted by Gasteiger charge is -2.00. The highest BCUT2D eigenvalue weighted by Gasteiger charge is 2.10. The van der Waals surface area contributed by atoms with Crippen molar-refractivity contribution in [3.63, 3.8) is 0 Å². The molecule has 0 atom stereocenters. The highest BCUT2D eigenvalue weighted by Crippen LogP contribution is 2.21. The Labute approximate surface area is 194 Å². The van der Waals surface area contributed by atoms with E-state index in [1.54, 1.807) is 9.59 Å². The largest absolute Gasteiger partial charge is 0.204 e. The summed E-state index contributed by atoms with van der Waals surface area (Å²) in [5, 5.41) is 28.0. The molecule has 30 heavy (non-hydrogen) atoms. The fourth-order valence-electron chi connectivity index (χ4n) is 3.11. The van der Waals surface area contributed by atoms with Gasteiger partial charge in [-0.2, -0.15) is 9.59 Å². The molecule has 2 aromatic heterocycles. The van der Waals surface area contributed by atoms with Crippen molar-refractivity contribution in [2.45, 2.75) is 64.5 Å². The molecule has 0 spiro atoms. The van der Waals surface area contributed by atoms with Crippen molar-refractivity contribution in [1.29, 1.82) is 0 Å². The maximum absolute atomic E-state index is 4.52. The quantitative estimate of drug-likeness (QED) is 0.214. The second kappa shape index (κ2) is 12.9. The van der Waals surface area contributed by atoms with Crippen LogP contribution < -0.4 is 0 Å². The van der Waals surface area contributed by atoms with Crippen molar-refractivity contribution < 1.29 is 0 Å². The Bertz CT molecular complexity index is 812. The van der Waals surface area contributed by atoms with Gasteiger partial charge in [0.1, 0.15) is 0 Å². The van der Waals surface area contributed by atoms with E-state index < -0.39 is 0 Å². The van der Waals surface area contributed by atoms with Gasteiger partial charge in [0.25, 0.3) is 0 Å². The summed E-state index contributed by atoms with van der Waals surface area (Å²) in [6.45, 7) is 1.58. The zero-order valence-electron chi connectivity index (χ0n) is 17.1. The van der Waals surface area contributed by atoms with Gasteiger partial charge in [-0.3, -0.25) is 0 Å². The van der Waals surface area contributed by atoms with Crippen molar-refractivity contribution >= 4 is 31.9 Å². The summed E-state index contributed by atoms with van der Waals surface area (Å²) in [4.78, 5) is 3.36. The molecule has 0 aliphatic rings. The van der Waals surface area contributed by atoms with Crippen LogP contribution in [0.5, 0.6) is 0 Å². The highest BCUT2D eigenvalue weighted by atomic mass is 79.9. The van der Waals surface area contributed by atoms with Crippen LogP contribution in [-0.4, -0.2) is 51.1 Å². The lowest BCUT2D eigenvalue weighted by atomic mass is 10.1. The Morgan fingerprint density at radius 3 is 1.57 bits per heavy atom. The van der Waals surface area contributed by atoms with Crippen molar-refractivity contribution in [3.8, 4) is 22.8 Å². The number of rotatable bonds is 14. The van der Waals surface area contributed by atoms with E-state index in [0.29, 0.717) is 11.6 Å². The molecule has 0 amide bonds. The van der Waals surface area contributed by atoms with Crippen LogP contribution >= 0.6 is 31.9 Å². The van der Waals surface area contributed by atoms with E-state index >= 15 is 0 Å². The third-order valence-electron chi connectivity index (χ3n) is 4.77. The van der Waals surface area contributed by atoms with Crippen LogP contribution in [0, 0.1) is 0 Å². The molecule has 2 heterocycles. The lowest BCUT2D eigenvalue weighted by molar-refractivity contribution is 0.481. The molecular weight excluding hydrogens is 512 g/mol. The van der Waals surface area contributed by atoms with Crippen molar-refractivity contribution in [1.82, 2.24) is 40.4 Å². The Morgan fingerprint density at radius 1 is 0.633 bits per heavy atom. The SMILES string of the molecule is BrCCCCCCn1nnc(-c2cccc(-c3nnn(CCCCCCBr)n3)c2)n1. The first kappa shape index (κ1) is 23.0. The first-order valence-corrected chi connectivity index (χ1v) is 12.8. The normalized spacial score (nSPS) is 11.3. The van der Waals surface area contributed by atoms with Crippen molar-refractivity contribution in [2.24, 2.45) is 0 Å². The standard InChI is InChI=1S/C20H28Br2N8/c21-12-5-1-3-7-14-29-25-19(23-27-29)17-10-9-11-18(16-17)20-24-28-30(26-20)15-8-4-2-6-13-22/h9-11,16H,1-8,12-15H2. The lowest BCUT2D eigenvalue weighted by Crippen LogP contribution is -2.02. The van der Waals surface area contributed by atoms with Crippen LogP contribution in [-0.2, 0) is 13.1 Å². The number of tetrazole rings is 2. The molecular formula is C20H28Br2N8. The minimum atomic E-state index is 0.622. The van der Waals surface area contributed by atoms with Crippen LogP contribution in [0.1, 0.15) is 51.4 Å². The predicted octanol–water partition coefficient (Wildman–Crippen LogP) is 4.90. The van der Waals surface area contributed by atoms with E-state index in [9.17, 15) is 0 Å². The van der Waals surface area contributed by atoms with Crippen molar-refractivity contribution in [2.75, 3.05) is 10.7 Å². The van der Waals surface area contributed by atoms with E-state index in [1.807, 2.05) is 24.3 Å². The second-order valence-electron chi connectivity index (χ2n) is 7.21. The van der Waals surface area contributed by atoms with E-state index in [2.05, 4.69) is 62.7 Å². The summed E-state index contributed by atoms with van der Waals surface area (Å²) in [7, 11) is 0. The molecule has 8 nitrogen and oxygen atoms in total.